The minimum atomic E-state index is -0.430. The first-order chi connectivity index (χ1) is 10.3. The largest absolute Gasteiger partial charge is 0.495 e. The summed E-state index contributed by atoms with van der Waals surface area (Å²) in [6.07, 6.45) is 15.5. The molecule has 0 bridgehead atoms. The number of aliphatic imine (C=N–C) groups is 2. The topological polar surface area (TPSA) is 80.1 Å². The lowest BCUT2D eigenvalue weighted by Gasteiger charge is -1.92. The van der Waals surface area contributed by atoms with Gasteiger partial charge in [-0.25, -0.2) is 0 Å². The van der Waals surface area contributed by atoms with E-state index in [1.165, 1.54) is 37.0 Å². The number of allylic oxidation sites excluding steroid dienone is 2. The van der Waals surface area contributed by atoms with E-state index in [2.05, 4.69) is 15.3 Å². The Balaban J connectivity index is 0.00000242. The number of nitrogens with one attached hydrogen (secondary N) is 1. The predicted molar refractivity (Wildman–Crippen MR) is 86.9 cm³/mol. The molecule has 22 heavy (non-hydrogen) atoms. The molecule has 0 saturated heterocycles. The van der Waals surface area contributed by atoms with E-state index in [1.54, 1.807) is 24.4 Å². The minimum Gasteiger partial charge on any atom is -0.495 e. The van der Waals surface area contributed by atoms with Gasteiger partial charge in [0.05, 0.1) is 17.3 Å². The number of imide groups is 1. The Morgan fingerprint density at radius 3 is 2.18 bits per heavy atom. The summed E-state index contributed by atoms with van der Waals surface area (Å²) in [5.74, 6) is -0.854. The first-order valence-corrected chi connectivity index (χ1v) is 6.20. The lowest BCUT2D eigenvalue weighted by molar-refractivity contribution is -0.123. The molecule has 0 atom stereocenters. The average Bonchev–Trinajstić information content (AvgIpc) is 2.72. The molecule has 0 aliphatic carbocycles. The van der Waals surface area contributed by atoms with Crippen LogP contribution in [0.4, 0.5) is 0 Å². The number of halogens is 1. The maximum Gasteiger partial charge on any atom is 0.258 e. The van der Waals surface area contributed by atoms with Gasteiger partial charge in [-0.3, -0.25) is 24.9 Å². The Morgan fingerprint density at radius 1 is 0.955 bits per heavy atom. The van der Waals surface area contributed by atoms with Crippen LogP contribution in [0.15, 0.2) is 70.2 Å². The molecule has 0 aromatic carbocycles. The van der Waals surface area contributed by atoms with Gasteiger partial charge in [-0.05, 0) is 30.4 Å². The van der Waals surface area contributed by atoms with Crippen LogP contribution >= 0.6 is 12.4 Å². The number of rotatable bonds is 0. The highest BCUT2D eigenvalue weighted by Crippen LogP contribution is 2.15. The number of hydrogen-bond acceptors (Lipinski definition) is 5. The van der Waals surface area contributed by atoms with Crippen molar-refractivity contribution in [2.75, 3.05) is 6.61 Å². The SMILES string of the molecule is Cl.O=C1NC(=O)C2=C1C=CC=N/C=C\OC\C=C/N=C\C=C\2. The van der Waals surface area contributed by atoms with Crippen LogP contribution in [0.5, 0.6) is 0 Å². The summed E-state index contributed by atoms with van der Waals surface area (Å²) in [5, 5.41) is 2.24. The van der Waals surface area contributed by atoms with Crippen molar-refractivity contribution in [3.8, 4) is 0 Å². The summed E-state index contributed by atoms with van der Waals surface area (Å²) in [4.78, 5) is 31.2. The number of nitrogens with zero attached hydrogens (tertiary/aromatic N) is 2. The number of carbonyl (C=O) groups is 2. The van der Waals surface area contributed by atoms with Gasteiger partial charge in [0.1, 0.15) is 12.9 Å². The molecule has 2 aliphatic heterocycles. The molecule has 0 unspecified atom stereocenters. The monoisotopic (exact) mass is 319 g/mol. The predicted octanol–water partition coefficient (Wildman–Crippen LogP) is 1.63. The smallest absolute Gasteiger partial charge is 0.258 e. The second-order valence-electron chi connectivity index (χ2n) is 3.93. The Hall–Kier alpha value is -2.73. The molecule has 0 spiro atoms. The summed E-state index contributed by atoms with van der Waals surface area (Å²) in [6.45, 7) is 0.384. The van der Waals surface area contributed by atoms with Crippen LogP contribution in [-0.4, -0.2) is 30.9 Å². The third-order valence-corrected chi connectivity index (χ3v) is 2.50. The van der Waals surface area contributed by atoms with Gasteiger partial charge >= 0.3 is 0 Å². The molecule has 0 saturated carbocycles. The Morgan fingerprint density at radius 2 is 1.55 bits per heavy atom. The van der Waals surface area contributed by atoms with Crippen LogP contribution in [0, 0.1) is 0 Å². The molecular weight excluding hydrogens is 306 g/mol. The normalized spacial score (nSPS) is 23.8. The zero-order chi connectivity index (χ0) is 14.9. The maximum atomic E-state index is 11.7. The second kappa shape index (κ2) is 9.25. The fourth-order valence-corrected chi connectivity index (χ4v) is 1.58. The molecule has 1 N–H and O–H groups in total. The second-order valence-corrected chi connectivity index (χ2v) is 3.93. The Labute approximate surface area is 133 Å². The summed E-state index contributed by atoms with van der Waals surface area (Å²) in [6, 6.07) is 0. The number of amides is 2. The number of carbonyl (C=O) groups excluding carboxylic acids is 2. The van der Waals surface area contributed by atoms with Crippen molar-refractivity contribution >= 4 is 36.7 Å². The average molecular weight is 320 g/mol. The quantitative estimate of drug-likeness (QED) is 0.689. The highest BCUT2D eigenvalue weighted by atomic mass is 35.5. The van der Waals surface area contributed by atoms with E-state index in [-0.39, 0.29) is 12.4 Å². The molecule has 2 aliphatic rings. The van der Waals surface area contributed by atoms with E-state index in [1.807, 2.05) is 0 Å². The van der Waals surface area contributed by atoms with Crippen molar-refractivity contribution in [2.24, 2.45) is 9.98 Å². The Bertz CT molecular complexity index is 586. The van der Waals surface area contributed by atoms with Gasteiger partial charge in [-0.1, -0.05) is 0 Å². The van der Waals surface area contributed by atoms with E-state index >= 15 is 0 Å². The van der Waals surface area contributed by atoms with Crippen LogP contribution in [0.2, 0.25) is 0 Å². The summed E-state index contributed by atoms with van der Waals surface area (Å²) < 4.78 is 5.12. The fourth-order valence-electron chi connectivity index (χ4n) is 1.58. The van der Waals surface area contributed by atoms with Gasteiger partial charge in [0.25, 0.3) is 11.8 Å². The fraction of sp³-hybridized carbons (Fsp3) is 0.0667. The highest BCUT2D eigenvalue weighted by molar-refractivity contribution is 6.22. The van der Waals surface area contributed by atoms with Gasteiger partial charge in [0, 0.05) is 18.6 Å². The third kappa shape index (κ3) is 4.99. The number of hydrogen-bond donors (Lipinski definition) is 1. The molecule has 2 heterocycles. The van der Waals surface area contributed by atoms with Crippen molar-refractivity contribution in [1.29, 1.82) is 0 Å². The van der Waals surface area contributed by atoms with Gasteiger partial charge in [0.2, 0.25) is 0 Å². The lowest BCUT2D eigenvalue weighted by Crippen LogP contribution is -2.22. The number of ether oxygens (including phenoxy) is 1. The first kappa shape index (κ1) is 17.3. The summed E-state index contributed by atoms with van der Waals surface area (Å²) in [7, 11) is 0. The van der Waals surface area contributed by atoms with E-state index < -0.39 is 11.8 Å². The molecule has 0 radical (unpaired) electrons. The standard InChI is InChI=1S/C15H13N3O3.ClH/c19-14-12-4-1-6-16-8-3-10-21-11-9-17-7-2-5-13(12)15(20)18-14;/h1-9,11H,10H2,(H,18,19,20);1H/b4-1+,5-2?,8-3-,11-9-,16-6-,17-7?;. The molecule has 7 heteroatoms. The molecule has 6 nitrogen and oxygen atoms in total. The van der Waals surface area contributed by atoms with Crippen LogP contribution in [0.3, 0.4) is 0 Å². The lowest BCUT2D eigenvalue weighted by atomic mass is 10.1. The van der Waals surface area contributed by atoms with Crippen LogP contribution in [-0.2, 0) is 14.3 Å². The van der Waals surface area contributed by atoms with E-state index in [9.17, 15) is 9.59 Å². The molecule has 0 fully saturated rings. The molecule has 2 amide bonds. The van der Waals surface area contributed by atoms with E-state index in [0.29, 0.717) is 17.8 Å². The zero-order valence-electron chi connectivity index (χ0n) is 11.5. The van der Waals surface area contributed by atoms with Gasteiger partial charge in [-0.2, -0.15) is 0 Å². The van der Waals surface area contributed by atoms with Crippen molar-refractivity contribution in [3.05, 3.63) is 60.2 Å². The highest BCUT2D eigenvalue weighted by Gasteiger charge is 2.26. The Kier molecular flexibility index (Phi) is 7.28. The first-order valence-electron chi connectivity index (χ1n) is 6.20. The summed E-state index contributed by atoms with van der Waals surface area (Å²) in [5.41, 5.74) is 0.588. The van der Waals surface area contributed by atoms with Gasteiger partial charge in [-0.15, -0.1) is 12.4 Å². The molecule has 114 valence electrons. The van der Waals surface area contributed by atoms with Crippen molar-refractivity contribution in [1.82, 2.24) is 5.32 Å². The van der Waals surface area contributed by atoms with E-state index in [0.717, 1.165) is 0 Å². The van der Waals surface area contributed by atoms with Crippen LogP contribution in [0.1, 0.15) is 0 Å². The molecular formula is C15H14ClN3O3. The summed E-state index contributed by atoms with van der Waals surface area (Å²) >= 11 is 0. The zero-order valence-corrected chi connectivity index (χ0v) is 12.3. The van der Waals surface area contributed by atoms with Crippen molar-refractivity contribution < 1.29 is 14.3 Å². The third-order valence-electron chi connectivity index (χ3n) is 2.50. The van der Waals surface area contributed by atoms with Crippen molar-refractivity contribution in [3.63, 3.8) is 0 Å². The molecule has 0 aromatic rings. The maximum absolute atomic E-state index is 11.7. The molecule has 2 rings (SSSR count). The van der Waals surface area contributed by atoms with Gasteiger partial charge < -0.3 is 4.74 Å². The van der Waals surface area contributed by atoms with E-state index in [4.69, 9.17) is 4.74 Å². The minimum absolute atomic E-state index is 0. The van der Waals surface area contributed by atoms with Gasteiger partial charge in [0.15, 0.2) is 0 Å². The van der Waals surface area contributed by atoms with Crippen molar-refractivity contribution in [2.45, 2.75) is 0 Å². The van der Waals surface area contributed by atoms with Crippen LogP contribution < -0.4 is 5.32 Å². The molecule has 0 aromatic heterocycles. The van der Waals surface area contributed by atoms with Crippen LogP contribution in [0.25, 0.3) is 0 Å².